The molecule has 0 aliphatic heterocycles. The minimum absolute atomic E-state index is 0.0150. The van der Waals surface area contributed by atoms with Crippen molar-refractivity contribution in [3.8, 4) is 12.3 Å². The fraction of sp³-hybridized carbons (Fsp3) is 0.556. The monoisotopic (exact) mass is 533 g/mol. The number of nitrogens with zero attached hydrogens (tertiary/aromatic N) is 1. The van der Waals surface area contributed by atoms with E-state index in [0.29, 0.717) is 17.5 Å². The predicted molar refractivity (Wildman–Crippen MR) is 145 cm³/mol. The first kappa shape index (κ1) is 31.8. The van der Waals surface area contributed by atoms with Gasteiger partial charge in [-0.15, -0.1) is 6.42 Å². The number of ether oxygens (including phenoxy) is 2. The highest BCUT2D eigenvalue weighted by molar-refractivity contribution is 7.80. The van der Waals surface area contributed by atoms with Crippen LogP contribution in [0.3, 0.4) is 0 Å². The molecule has 0 fully saturated rings. The molecule has 0 saturated carbocycles. The summed E-state index contributed by atoms with van der Waals surface area (Å²) in [4.78, 5) is 53.1. The summed E-state index contributed by atoms with van der Waals surface area (Å²) in [6.45, 7) is 10.8. The number of nitrogens with one attached hydrogen (secondary N) is 2. The first-order valence-corrected chi connectivity index (χ1v) is 12.9. The van der Waals surface area contributed by atoms with Crippen molar-refractivity contribution in [1.29, 1.82) is 0 Å². The zero-order valence-electron chi connectivity index (χ0n) is 22.5. The Hall–Kier alpha value is -3.19. The third-order valence-electron chi connectivity index (χ3n) is 5.36. The van der Waals surface area contributed by atoms with Gasteiger partial charge in [0.05, 0.1) is 13.0 Å². The molecule has 37 heavy (non-hydrogen) atoms. The minimum atomic E-state index is -1.13. The average molecular weight is 534 g/mol. The first-order valence-electron chi connectivity index (χ1n) is 12.3. The number of esters is 1. The third-order valence-corrected chi connectivity index (χ3v) is 5.73. The fourth-order valence-corrected chi connectivity index (χ4v) is 3.76. The summed E-state index contributed by atoms with van der Waals surface area (Å²) >= 11 is 4.28. The molecule has 0 aromatic heterocycles. The van der Waals surface area contributed by atoms with Crippen LogP contribution < -0.4 is 10.6 Å². The number of rotatable bonds is 12. The third kappa shape index (κ3) is 10.00. The van der Waals surface area contributed by atoms with E-state index >= 15 is 0 Å². The number of hydrogen-bond donors (Lipinski definition) is 3. The van der Waals surface area contributed by atoms with Crippen LogP contribution in [-0.4, -0.2) is 65.4 Å². The molecule has 0 saturated heterocycles. The van der Waals surface area contributed by atoms with Gasteiger partial charge in [-0.25, -0.2) is 4.79 Å². The van der Waals surface area contributed by atoms with Crippen molar-refractivity contribution in [2.75, 3.05) is 18.9 Å². The van der Waals surface area contributed by atoms with E-state index in [1.54, 1.807) is 58.9 Å². The molecule has 0 aliphatic carbocycles. The Morgan fingerprint density at radius 2 is 1.81 bits per heavy atom. The summed E-state index contributed by atoms with van der Waals surface area (Å²) in [5.41, 5.74) is 0.122. The fourth-order valence-electron chi connectivity index (χ4n) is 3.51. The number of carbonyl (C=O) groups excluding carboxylic acids is 4. The number of hydrogen-bond acceptors (Lipinski definition) is 7. The van der Waals surface area contributed by atoms with Gasteiger partial charge in [-0.1, -0.05) is 31.0 Å². The second-order valence-corrected chi connectivity index (χ2v) is 9.73. The number of alkyl carbamates (subject to hydrolysis) is 1. The molecule has 3 atom stereocenters. The van der Waals surface area contributed by atoms with E-state index in [9.17, 15) is 19.2 Å². The lowest BCUT2D eigenvalue weighted by molar-refractivity contribution is -0.145. The summed E-state index contributed by atoms with van der Waals surface area (Å²) < 4.78 is 10.2. The molecule has 0 spiro atoms. The van der Waals surface area contributed by atoms with Gasteiger partial charge in [-0.2, -0.15) is 12.6 Å². The van der Waals surface area contributed by atoms with Crippen molar-refractivity contribution in [1.82, 2.24) is 15.5 Å². The van der Waals surface area contributed by atoms with Gasteiger partial charge in [-0.3, -0.25) is 14.4 Å². The number of amides is 3. The van der Waals surface area contributed by atoms with Crippen molar-refractivity contribution in [3.05, 3.63) is 35.4 Å². The number of carbonyl (C=O) groups is 4. The van der Waals surface area contributed by atoms with Crippen LogP contribution in [0.1, 0.15) is 71.6 Å². The molecule has 0 aliphatic rings. The van der Waals surface area contributed by atoms with Gasteiger partial charge >= 0.3 is 12.1 Å². The van der Waals surface area contributed by atoms with Gasteiger partial charge in [0.2, 0.25) is 11.8 Å². The molecule has 9 nitrogen and oxygen atoms in total. The molecular formula is C27H39N3O6S. The number of benzene rings is 1. The van der Waals surface area contributed by atoms with E-state index < -0.39 is 47.6 Å². The number of terminal acetylenes is 1. The Labute approximate surface area is 225 Å². The normalized spacial score (nSPS) is 13.4. The Kier molecular flexibility index (Phi) is 13.0. The summed E-state index contributed by atoms with van der Waals surface area (Å²) in [5, 5.41) is 5.30. The van der Waals surface area contributed by atoms with E-state index in [4.69, 9.17) is 15.9 Å². The quantitative estimate of drug-likeness (QED) is 0.216. The van der Waals surface area contributed by atoms with E-state index in [1.807, 2.05) is 6.92 Å². The second kappa shape index (κ2) is 15.2. The van der Waals surface area contributed by atoms with Crippen LogP contribution in [0.4, 0.5) is 4.79 Å². The topological polar surface area (TPSA) is 114 Å². The summed E-state index contributed by atoms with van der Waals surface area (Å²) in [5.74, 6) is 1.06. The lowest BCUT2D eigenvalue weighted by atomic mass is 9.96. The van der Waals surface area contributed by atoms with Gasteiger partial charge in [-0.05, 0) is 52.7 Å². The maximum absolute atomic E-state index is 13.9. The summed E-state index contributed by atoms with van der Waals surface area (Å²) in [7, 11) is 0. The molecule has 0 bridgehead atoms. The van der Waals surface area contributed by atoms with Crippen molar-refractivity contribution in [2.45, 2.75) is 78.1 Å². The maximum Gasteiger partial charge on any atom is 0.408 e. The lowest BCUT2D eigenvalue weighted by Crippen LogP contribution is -2.56. The molecule has 0 heterocycles. The first-order chi connectivity index (χ1) is 17.4. The van der Waals surface area contributed by atoms with Crippen LogP contribution in [0, 0.1) is 12.3 Å². The van der Waals surface area contributed by atoms with Gasteiger partial charge in [0.15, 0.2) is 0 Å². The summed E-state index contributed by atoms with van der Waals surface area (Å²) in [6, 6.07) is 4.22. The van der Waals surface area contributed by atoms with Crippen molar-refractivity contribution < 1.29 is 28.7 Å². The van der Waals surface area contributed by atoms with E-state index in [0.717, 1.165) is 0 Å². The van der Waals surface area contributed by atoms with Gasteiger partial charge in [0, 0.05) is 23.9 Å². The van der Waals surface area contributed by atoms with Crippen molar-refractivity contribution in [2.24, 2.45) is 0 Å². The Bertz CT molecular complexity index is 985. The lowest BCUT2D eigenvalue weighted by Gasteiger charge is -2.38. The maximum atomic E-state index is 13.9. The molecule has 10 heteroatoms. The molecule has 1 rings (SSSR count). The number of thiol groups is 1. The van der Waals surface area contributed by atoms with Crippen LogP contribution in [-0.2, 0) is 23.9 Å². The Balaban J connectivity index is 3.44. The smallest absolute Gasteiger partial charge is 0.408 e. The van der Waals surface area contributed by atoms with E-state index in [1.165, 1.54) is 4.90 Å². The molecule has 3 unspecified atom stereocenters. The standard InChI is InChI=1S/C27H39N3O6S/c1-8-18(4)30(25(33)21(17-37)29-26(34)36-27(5,6)7)23(20-14-12-11-13-19(20)9-2)24(32)28-16-15-22(31)35-10-3/h2,11-14,18,21,23,37H,8,10,15-17H2,1,3-7H3,(H,28,32)(H,29,34). The second-order valence-electron chi connectivity index (χ2n) is 9.36. The van der Waals surface area contributed by atoms with Gasteiger partial charge < -0.3 is 25.0 Å². The molecule has 1 aromatic rings. The van der Waals surface area contributed by atoms with E-state index in [-0.39, 0.29) is 25.3 Å². The highest BCUT2D eigenvalue weighted by Gasteiger charge is 2.38. The van der Waals surface area contributed by atoms with Crippen LogP contribution in [0.15, 0.2) is 24.3 Å². The minimum Gasteiger partial charge on any atom is -0.466 e. The summed E-state index contributed by atoms with van der Waals surface area (Å²) in [6.07, 6.45) is 5.44. The molecule has 2 N–H and O–H groups in total. The van der Waals surface area contributed by atoms with Crippen molar-refractivity contribution >= 4 is 36.5 Å². The van der Waals surface area contributed by atoms with Crippen LogP contribution in [0.5, 0.6) is 0 Å². The largest absolute Gasteiger partial charge is 0.466 e. The Morgan fingerprint density at radius 1 is 1.16 bits per heavy atom. The molecule has 3 amide bonds. The van der Waals surface area contributed by atoms with Crippen LogP contribution >= 0.6 is 12.6 Å². The van der Waals surface area contributed by atoms with Crippen molar-refractivity contribution in [3.63, 3.8) is 0 Å². The van der Waals surface area contributed by atoms with E-state index in [2.05, 4.69) is 29.2 Å². The van der Waals surface area contributed by atoms with Gasteiger partial charge in [0.1, 0.15) is 17.7 Å². The van der Waals surface area contributed by atoms with Gasteiger partial charge in [0.25, 0.3) is 0 Å². The zero-order valence-corrected chi connectivity index (χ0v) is 23.4. The Morgan fingerprint density at radius 3 is 2.35 bits per heavy atom. The molecule has 1 aromatic carbocycles. The molecular weight excluding hydrogens is 494 g/mol. The average Bonchev–Trinajstić information content (AvgIpc) is 2.83. The molecule has 204 valence electrons. The highest BCUT2D eigenvalue weighted by atomic mass is 32.1. The molecule has 0 radical (unpaired) electrons. The van der Waals surface area contributed by atoms with Crippen LogP contribution in [0.25, 0.3) is 0 Å². The van der Waals surface area contributed by atoms with Crippen LogP contribution in [0.2, 0.25) is 0 Å². The SMILES string of the molecule is C#Cc1ccccc1C(C(=O)NCCC(=O)OCC)N(C(=O)C(CS)NC(=O)OC(C)(C)C)C(C)CC. The highest BCUT2D eigenvalue weighted by Crippen LogP contribution is 2.28. The zero-order chi connectivity index (χ0) is 28.2. The predicted octanol–water partition coefficient (Wildman–Crippen LogP) is 3.23.